The third-order valence-corrected chi connectivity index (χ3v) is 2.69. The van der Waals surface area contributed by atoms with Gasteiger partial charge in [-0.05, 0) is 11.3 Å². The van der Waals surface area contributed by atoms with Crippen molar-refractivity contribution in [3.63, 3.8) is 0 Å². The fraction of sp³-hybridized carbons (Fsp3) is 1.00. The Morgan fingerprint density at radius 1 is 1.33 bits per heavy atom. The highest BCUT2D eigenvalue weighted by molar-refractivity contribution is 9.09. The molecular weight excluding hydrogens is 176 g/mol. The topological polar surface area (TPSA) is 0 Å². The van der Waals surface area contributed by atoms with Gasteiger partial charge < -0.3 is 0 Å². The smallest absolute Gasteiger partial charge is 0.00645 e. The van der Waals surface area contributed by atoms with Crippen LogP contribution in [0, 0.1) is 11.3 Å². The second kappa shape index (κ2) is 3.60. The lowest BCUT2D eigenvalue weighted by atomic mass is 9.81. The van der Waals surface area contributed by atoms with Gasteiger partial charge in [0.2, 0.25) is 0 Å². The summed E-state index contributed by atoms with van der Waals surface area (Å²) in [6, 6.07) is 0. The molecule has 0 N–H and O–H groups in total. The van der Waals surface area contributed by atoms with Crippen molar-refractivity contribution in [2.45, 2.75) is 34.1 Å². The summed E-state index contributed by atoms with van der Waals surface area (Å²) in [7, 11) is 0. The molecule has 0 radical (unpaired) electrons. The van der Waals surface area contributed by atoms with E-state index in [9.17, 15) is 0 Å². The summed E-state index contributed by atoms with van der Waals surface area (Å²) in [5.41, 5.74) is 0.470. The van der Waals surface area contributed by atoms with E-state index in [0.717, 1.165) is 11.2 Å². The first-order chi connectivity index (χ1) is 4.02. The van der Waals surface area contributed by atoms with Crippen molar-refractivity contribution in [3.05, 3.63) is 0 Å². The number of alkyl halides is 1. The van der Waals surface area contributed by atoms with Gasteiger partial charge in [-0.15, -0.1) is 0 Å². The summed E-state index contributed by atoms with van der Waals surface area (Å²) in [5, 5.41) is 1.13. The predicted octanol–water partition coefficient (Wildman–Crippen LogP) is 3.45. The van der Waals surface area contributed by atoms with Gasteiger partial charge in [0.25, 0.3) is 0 Å². The minimum atomic E-state index is 0.470. The van der Waals surface area contributed by atoms with Crippen molar-refractivity contribution in [1.29, 1.82) is 0 Å². The zero-order valence-electron chi connectivity index (χ0n) is 6.87. The van der Waals surface area contributed by atoms with E-state index < -0.39 is 0 Å². The van der Waals surface area contributed by atoms with Gasteiger partial charge >= 0.3 is 0 Å². The van der Waals surface area contributed by atoms with Crippen LogP contribution in [0.25, 0.3) is 0 Å². The van der Waals surface area contributed by atoms with Crippen LogP contribution in [0.3, 0.4) is 0 Å². The minimum Gasteiger partial charge on any atom is -0.0925 e. The van der Waals surface area contributed by atoms with Gasteiger partial charge in [-0.2, -0.15) is 0 Å². The Morgan fingerprint density at radius 2 is 1.78 bits per heavy atom. The highest BCUT2D eigenvalue weighted by atomic mass is 79.9. The van der Waals surface area contributed by atoms with Crippen LogP contribution in [0.15, 0.2) is 0 Å². The van der Waals surface area contributed by atoms with E-state index in [0.29, 0.717) is 5.41 Å². The highest BCUT2D eigenvalue weighted by Crippen LogP contribution is 2.29. The summed E-state index contributed by atoms with van der Waals surface area (Å²) in [6.07, 6.45) is 1.27. The van der Waals surface area contributed by atoms with Crippen molar-refractivity contribution in [1.82, 2.24) is 0 Å². The largest absolute Gasteiger partial charge is 0.0925 e. The van der Waals surface area contributed by atoms with Crippen LogP contribution in [0.1, 0.15) is 34.1 Å². The van der Waals surface area contributed by atoms with E-state index in [4.69, 9.17) is 0 Å². The zero-order chi connectivity index (χ0) is 7.49. The van der Waals surface area contributed by atoms with Gasteiger partial charge in [0.05, 0.1) is 0 Å². The number of halogens is 1. The van der Waals surface area contributed by atoms with Crippen molar-refractivity contribution in [3.8, 4) is 0 Å². The van der Waals surface area contributed by atoms with Crippen LogP contribution >= 0.6 is 15.9 Å². The molecule has 0 bridgehead atoms. The molecule has 0 nitrogen and oxygen atoms in total. The Balaban J connectivity index is 3.79. The number of hydrogen-bond acceptors (Lipinski definition) is 0. The van der Waals surface area contributed by atoms with Gasteiger partial charge in [0, 0.05) is 5.33 Å². The molecule has 0 aromatic heterocycles. The fourth-order valence-corrected chi connectivity index (χ4v) is 2.38. The Morgan fingerprint density at radius 3 is 1.78 bits per heavy atom. The van der Waals surface area contributed by atoms with Gasteiger partial charge in [0.15, 0.2) is 0 Å². The predicted molar refractivity (Wildman–Crippen MR) is 47.0 cm³/mol. The Hall–Kier alpha value is 0.480. The van der Waals surface area contributed by atoms with Crippen LogP contribution in [0.4, 0.5) is 0 Å². The minimum absolute atomic E-state index is 0.470. The maximum absolute atomic E-state index is 3.51. The molecular formula is C8H17Br. The molecule has 0 saturated carbocycles. The molecule has 0 aromatic carbocycles. The summed E-state index contributed by atoms with van der Waals surface area (Å²) in [4.78, 5) is 0. The molecule has 1 unspecified atom stereocenters. The van der Waals surface area contributed by atoms with Crippen LogP contribution in [0.2, 0.25) is 0 Å². The first-order valence-electron chi connectivity index (χ1n) is 3.58. The molecule has 0 saturated heterocycles. The lowest BCUT2D eigenvalue weighted by Crippen LogP contribution is -2.20. The molecule has 0 aliphatic heterocycles. The van der Waals surface area contributed by atoms with Crippen LogP contribution in [-0.4, -0.2) is 5.33 Å². The average Bonchev–Trinajstić information content (AvgIpc) is 1.65. The summed E-state index contributed by atoms with van der Waals surface area (Å²) < 4.78 is 0. The lowest BCUT2D eigenvalue weighted by molar-refractivity contribution is 0.261. The van der Waals surface area contributed by atoms with Gasteiger partial charge in [0.1, 0.15) is 0 Å². The summed E-state index contributed by atoms with van der Waals surface area (Å²) >= 11 is 3.51. The van der Waals surface area contributed by atoms with Crippen molar-refractivity contribution < 1.29 is 0 Å². The fourth-order valence-electron chi connectivity index (χ4n) is 0.953. The molecule has 1 heteroatoms. The van der Waals surface area contributed by atoms with Crippen molar-refractivity contribution >= 4 is 15.9 Å². The molecule has 0 aliphatic rings. The van der Waals surface area contributed by atoms with Gasteiger partial charge in [-0.1, -0.05) is 50.0 Å². The normalized spacial score (nSPS) is 15.7. The summed E-state index contributed by atoms with van der Waals surface area (Å²) in [6.45, 7) is 9.13. The SMILES string of the molecule is CCC(CBr)C(C)(C)C. The van der Waals surface area contributed by atoms with E-state index in [-0.39, 0.29) is 0 Å². The first-order valence-corrected chi connectivity index (χ1v) is 4.70. The average molecular weight is 193 g/mol. The van der Waals surface area contributed by atoms with Crippen LogP contribution in [0.5, 0.6) is 0 Å². The third kappa shape index (κ3) is 3.24. The van der Waals surface area contributed by atoms with Gasteiger partial charge in [-0.3, -0.25) is 0 Å². The highest BCUT2D eigenvalue weighted by Gasteiger charge is 2.20. The lowest BCUT2D eigenvalue weighted by Gasteiger charge is -2.27. The Kier molecular flexibility index (Phi) is 3.79. The molecule has 0 rings (SSSR count). The Labute approximate surface area is 67.2 Å². The molecule has 56 valence electrons. The van der Waals surface area contributed by atoms with E-state index in [1.54, 1.807) is 0 Å². The first kappa shape index (κ1) is 9.48. The van der Waals surface area contributed by atoms with E-state index in [2.05, 4.69) is 43.6 Å². The standard InChI is InChI=1S/C8H17Br/c1-5-7(6-9)8(2,3)4/h7H,5-6H2,1-4H3. The molecule has 0 amide bonds. The molecule has 0 spiro atoms. The van der Waals surface area contributed by atoms with Crippen LogP contribution < -0.4 is 0 Å². The molecule has 0 aliphatic carbocycles. The molecule has 0 aromatic rings. The molecule has 0 heterocycles. The maximum atomic E-state index is 3.51. The third-order valence-electron chi connectivity index (χ3n) is 1.90. The quantitative estimate of drug-likeness (QED) is 0.589. The van der Waals surface area contributed by atoms with Gasteiger partial charge in [-0.25, -0.2) is 0 Å². The second-order valence-electron chi connectivity index (χ2n) is 3.63. The second-order valence-corrected chi connectivity index (χ2v) is 4.27. The Bertz CT molecular complexity index is 67.1. The monoisotopic (exact) mass is 192 g/mol. The summed E-state index contributed by atoms with van der Waals surface area (Å²) in [5.74, 6) is 0.817. The molecule has 1 atom stereocenters. The van der Waals surface area contributed by atoms with E-state index in [1.807, 2.05) is 0 Å². The van der Waals surface area contributed by atoms with E-state index >= 15 is 0 Å². The van der Waals surface area contributed by atoms with Crippen molar-refractivity contribution in [2.24, 2.45) is 11.3 Å². The zero-order valence-corrected chi connectivity index (χ0v) is 8.46. The number of hydrogen-bond donors (Lipinski definition) is 0. The van der Waals surface area contributed by atoms with Crippen molar-refractivity contribution in [2.75, 3.05) is 5.33 Å². The number of rotatable bonds is 2. The molecule has 9 heavy (non-hydrogen) atoms. The maximum Gasteiger partial charge on any atom is 0.00645 e. The molecule has 0 fully saturated rings. The van der Waals surface area contributed by atoms with E-state index in [1.165, 1.54) is 6.42 Å². The van der Waals surface area contributed by atoms with Crippen LogP contribution in [-0.2, 0) is 0 Å².